The molecule has 0 radical (unpaired) electrons. The average Bonchev–Trinajstić information content (AvgIpc) is 3.19. The summed E-state index contributed by atoms with van der Waals surface area (Å²) in [5.74, 6) is 0.811. The van der Waals surface area contributed by atoms with Crippen LogP contribution in [0.2, 0.25) is 10.0 Å². The molecule has 3 aromatic rings. The normalized spacial score (nSPS) is 12.9. The number of aryl methyl sites for hydroxylation is 1. The monoisotopic (exact) mass is 389 g/mol. The first-order chi connectivity index (χ1) is 12.1. The lowest BCUT2D eigenvalue weighted by molar-refractivity contribution is 0.102. The summed E-state index contributed by atoms with van der Waals surface area (Å²) in [6, 6.07) is 12.4. The summed E-state index contributed by atoms with van der Waals surface area (Å²) in [6.45, 7) is 0.963. The summed E-state index contributed by atoms with van der Waals surface area (Å²) in [7, 11) is 0. The summed E-state index contributed by atoms with van der Waals surface area (Å²) in [4.78, 5) is 17.2. The number of thioether (sulfide) groups is 1. The lowest BCUT2D eigenvalue weighted by Gasteiger charge is -2.10. The second-order valence-corrected chi connectivity index (χ2v) is 7.46. The molecule has 0 saturated carbocycles. The van der Waals surface area contributed by atoms with Gasteiger partial charge in [0.2, 0.25) is 0 Å². The number of nitrogens with one attached hydrogen (secondary N) is 1. The van der Waals surface area contributed by atoms with Gasteiger partial charge in [-0.25, -0.2) is 4.98 Å². The van der Waals surface area contributed by atoms with Crippen LogP contribution >= 0.6 is 35.0 Å². The number of anilines is 1. The predicted octanol–water partition coefficient (Wildman–Crippen LogP) is 5.21. The van der Waals surface area contributed by atoms with E-state index in [4.69, 9.17) is 23.2 Å². The van der Waals surface area contributed by atoms with Gasteiger partial charge in [0.15, 0.2) is 5.16 Å². The number of hydrogen-bond acceptors (Lipinski definition) is 3. The first kappa shape index (κ1) is 16.5. The highest BCUT2D eigenvalue weighted by Gasteiger charge is 2.18. The van der Waals surface area contributed by atoms with E-state index in [2.05, 4.69) is 14.9 Å². The molecule has 0 bridgehead atoms. The number of aromatic nitrogens is 2. The van der Waals surface area contributed by atoms with Crippen molar-refractivity contribution >= 4 is 46.6 Å². The maximum absolute atomic E-state index is 12.6. The van der Waals surface area contributed by atoms with Gasteiger partial charge in [-0.15, -0.1) is 0 Å². The third-order valence-corrected chi connectivity index (χ3v) is 5.65. The Kier molecular flexibility index (Phi) is 4.46. The summed E-state index contributed by atoms with van der Waals surface area (Å²) < 4.78 is 2.14. The van der Waals surface area contributed by atoms with Gasteiger partial charge in [-0.2, -0.15) is 0 Å². The van der Waals surface area contributed by atoms with Crippen LogP contribution in [0.1, 0.15) is 10.4 Å². The van der Waals surface area contributed by atoms with Crippen LogP contribution in [-0.4, -0.2) is 21.2 Å². The molecular weight excluding hydrogens is 377 g/mol. The molecule has 0 unspecified atom stereocenters. The molecule has 25 heavy (non-hydrogen) atoms. The third-order valence-electron chi connectivity index (χ3n) is 3.94. The molecule has 0 aliphatic carbocycles. The Hall–Kier alpha value is -1.95. The lowest BCUT2D eigenvalue weighted by Crippen LogP contribution is -2.12. The molecule has 126 valence electrons. The Morgan fingerprint density at radius 2 is 2.00 bits per heavy atom. The van der Waals surface area contributed by atoms with E-state index < -0.39 is 0 Å². The molecule has 7 heteroatoms. The van der Waals surface area contributed by atoms with Crippen LogP contribution in [0.3, 0.4) is 0 Å². The maximum Gasteiger partial charge on any atom is 0.255 e. The van der Waals surface area contributed by atoms with E-state index in [1.807, 2.05) is 30.5 Å². The number of rotatable bonds is 3. The van der Waals surface area contributed by atoms with E-state index in [0.717, 1.165) is 28.7 Å². The SMILES string of the molecule is O=C(Nc1ccccc1-c1cn2c(n1)SCC2)c1ccc(Cl)c(Cl)c1. The summed E-state index contributed by atoms with van der Waals surface area (Å²) in [5.41, 5.74) is 2.90. The van der Waals surface area contributed by atoms with Gasteiger partial charge >= 0.3 is 0 Å². The van der Waals surface area contributed by atoms with Gasteiger partial charge in [0.1, 0.15) is 0 Å². The highest BCUT2D eigenvalue weighted by atomic mass is 35.5. The van der Waals surface area contributed by atoms with Crippen LogP contribution in [0.5, 0.6) is 0 Å². The van der Waals surface area contributed by atoms with Crippen molar-refractivity contribution in [1.82, 2.24) is 9.55 Å². The number of carbonyl (C=O) groups excluding carboxylic acids is 1. The van der Waals surface area contributed by atoms with E-state index in [-0.39, 0.29) is 5.91 Å². The molecule has 4 nitrogen and oxygen atoms in total. The number of halogens is 2. The molecule has 0 fully saturated rings. The number of carbonyl (C=O) groups is 1. The van der Waals surface area contributed by atoms with Crippen molar-refractivity contribution in [3.05, 3.63) is 64.3 Å². The van der Waals surface area contributed by atoms with Crippen LogP contribution in [0, 0.1) is 0 Å². The van der Waals surface area contributed by atoms with Gasteiger partial charge in [0.25, 0.3) is 5.91 Å². The average molecular weight is 390 g/mol. The van der Waals surface area contributed by atoms with Gasteiger partial charge in [-0.3, -0.25) is 4.79 Å². The largest absolute Gasteiger partial charge is 0.325 e. The molecule has 1 N–H and O–H groups in total. The first-order valence-corrected chi connectivity index (χ1v) is 9.42. The van der Waals surface area contributed by atoms with Crippen LogP contribution in [0.15, 0.2) is 53.8 Å². The molecule has 1 amide bonds. The fourth-order valence-electron chi connectivity index (χ4n) is 2.69. The fourth-order valence-corrected chi connectivity index (χ4v) is 3.93. The van der Waals surface area contributed by atoms with Crippen molar-refractivity contribution in [2.45, 2.75) is 11.7 Å². The second kappa shape index (κ2) is 6.75. The van der Waals surface area contributed by atoms with E-state index in [9.17, 15) is 4.79 Å². The van der Waals surface area contributed by atoms with Gasteiger partial charge < -0.3 is 9.88 Å². The standard InChI is InChI=1S/C18H13Cl2N3OS/c19-13-6-5-11(9-14(13)20)17(24)21-15-4-2-1-3-12(15)16-10-23-7-8-25-18(23)22-16/h1-6,9-10H,7-8H2,(H,21,24). The molecule has 0 saturated heterocycles. The first-order valence-electron chi connectivity index (χ1n) is 7.67. The fraction of sp³-hybridized carbons (Fsp3) is 0.111. The smallest absolute Gasteiger partial charge is 0.255 e. The third kappa shape index (κ3) is 3.27. The van der Waals surface area contributed by atoms with Crippen LogP contribution in [-0.2, 0) is 6.54 Å². The minimum Gasteiger partial charge on any atom is -0.325 e. The second-order valence-electron chi connectivity index (χ2n) is 5.58. The Balaban J connectivity index is 1.64. The molecule has 2 heterocycles. The number of imidazole rings is 1. The topological polar surface area (TPSA) is 46.9 Å². The molecule has 1 aromatic heterocycles. The van der Waals surface area contributed by atoms with E-state index >= 15 is 0 Å². The van der Waals surface area contributed by atoms with Crippen molar-refractivity contribution in [2.75, 3.05) is 11.1 Å². The van der Waals surface area contributed by atoms with Crippen molar-refractivity contribution in [1.29, 1.82) is 0 Å². The minimum absolute atomic E-state index is 0.243. The van der Waals surface area contributed by atoms with Crippen LogP contribution in [0.25, 0.3) is 11.3 Å². The highest BCUT2D eigenvalue weighted by Crippen LogP contribution is 2.33. The van der Waals surface area contributed by atoms with Gasteiger partial charge in [0, 0.05) is 29.6 Å². The Labute approximate surface area is 159 Å². The quantitative estimate of drug-likeness (QED) is 0.668. The number of nitrogens with zero attached hydrogens (tertiary/aromatic N) is 2. The summed E-state index contributed by atoms with van der Waals surface area (Å²) in [5, 5.41) is 4.73. The number of hydrogen-bond donors (Lipinski definition) is 1. The van der Waals surface area contributed by atoms with E-state index in [0.29, 0.717) is 21.3 Å². The maximum atomic E-state index is 12.6. The zero-order valence-electron chi connectivity index (χ0n) is 13.0. The molecule has 1 aliphatic rings. The van der Waals surface area contributed by atoms with Crippen LogP contribution < -0.4 is 5.32 Å². The molecule has 4 rings (SSSR count). The molecule has 0 atom stereocenters. The van der Waals surface area contributed by atoms with Gasteiger partial charge in [0.05, 0.1) is 21.4 Å². The van der Waals surface area contributed by atoms with E-state index in [1.54, 1.807) is 30.0 Å². The van der Waals surface area contributed by atoms with Gasteiger partial charge in [-0.05, 0) is 24.3 Å². The lowest BCUT2D eigenvalue weighted by atomic mass is 10.1. The van der Waals surface area contributed by atoms with Crippen molar-refractivity contribution in [3.8, 4) is 11.3 Å². The minimum atomic E-state index is -0.243. The predicted molar refractivity (Wildman–Crippen MR) is 103 cm³/mol. The number of para-hydroxylation sites is 1. The van der Waals surface area contributed by atoms with Crippen molar-refractivity contribution in [3.63, 3.8) is 0 Å². The molecule has 0 spiro atoms. The molecule has 1 aliphatic heterocycles. The number of benzene rings is 2. The summed E-state index contributed by atoms with van der Waals surface area (Å²) in [6.07, 6.45) is 2.03. The highest BCUT2D eigenvalue weighted by molar-refractivity contribution is 7.99. The Bertz CT molecular complexity index is 949. The van der Waals surface area contributed by atoms with Crippen molar-refractivity contribution in [2.24, 2.45) is 0 Å². The van der Waals surface area contributed by atoms with Crippen molar-refractivity contribution < 1.29 is 4.79 Å². The Morgan fingerprint density at radius 1 is 1.16 bits per heavy atom. The van der Waals surface area contributed by atoms with Gasteiger partial charge in [-0.1, -0.05) is 53.2 Å². The zero-order valence-corrected chi connectivity index (χ0v) is 15.3. The zero-order chi connectivity index (χ0) is 17.4. The van der Waals surface area contributed by atoms with Crippen LogP contribution in [0.4, 0.5) is 5.69 Å². The number of fused-ring (bicyclic) bond motifs is 1. The summed E-state index contributed by atoms with van der Waals surface area (Å²) >= 11 is 13.7. The molecular formula is C18H13Cl2N3OS. The Morgan fingerprint density at radius 3 is 2.80 bits per heavy atom. The van der Waals surface area contributed by atoms with E-state index in [1.165, 1.54) is 0 Å². The molecule has 2 aromatic carbocycles. The number of amides is 1.